The Balaban J connectivity index is 0.00000169. The molecule has 0 bridgehead atoms. The molecule has 0 saturated heterocycles. The molecule has 0 atom stereocenters. The number of hydrogen-bond acceptors (Lipinski definition) is 3. The quantitative estimate of drug-likeness (QED) is 0.542. The van der Waals surface area contributed by atoms with Crippen molar-refractivity contribution in [3.05, 3.63) is 0 Å². The molecule has 0 unspecified atom stereocenters. The van der Waals surface area contributed by atoms with Crippen LogP contribution in [0.5, 0.6) is 0 Å². The monoisotopic (exact) mass is 230 g/mol. The smallest absolute Gasteiger partial charge is 0.266 e. The predicted octanol–water partition coefficient (Wildman–Crippen LogP) is 0.416. The molecule has 0 aromatic rings. The third-order valence-corrected chi connectivity index (χ3v) is 3.12. The Bertz CT molecular complexity index is 237. The van der Waals surface area contributed by atoms with Gasteiger partial charge in [0, 0.05) is 42.1 Å². The molecule has 14 heavy (non-hydrogen) atoms. The van der Waals surface area contributed by atoms with Crippen molar-refractivity contribution in [2.75, 3.05) is 12.3 Å². The van der Waals surface area contributed by atoms with Gasteiger partial charge in [0.1, 0.15) is 0 Å². The van der Waals surface area contributed by atoms with Gasteiger partial charge >= 0.3 is 0 Å². The summed E-state index contributed by atoms with van der Waals surface area (Å²) in [6.07, 6.45) is 6.00. The first-order valence-electron chi connectivity index (χ1n) is 4.76. The topological polar surface area (TPSA) is 66.4 Å². The molecule has 1 rings (SSSR count). The van der Waals surface area contributed by atoms with E-state index in [1.165, 1.54) is 19.3 Å². The maximum Gasteiger partial charge on any atom is 0.266 e. The first-order valence-corrected chi connectivity index (χ1v) is 6.37. The molecule has 0 heterocycles. The summed E-state index contributed by atoms with van der Waals surface area (Å²) in [6, 6.07) is 0.454. The second-order valence-corrected chi connectivity index (χ2v) is 5.15. The zero-order valence-corrected chi connectivity index (χ0v) is 11.5. The van der Waals surface area contributed by atoms with Crippen LogP contribution in [0.2, 0.25) is 0 Å². The molecule has 2 N–H and O–H groups in total. The zero-order chi connectivity index (χ0) is 9.73. The molecule has 1 aliphatic rings. The van der Waals surface area contributed by atoms with Gasteiger partial charge in [0.25, 0.3) is 10.1 Å². The summed E-state index contributed by atoms with van der Waals surface area (Å²) in [5.41, 5.74) is 0. The largest absolute Gasteiger partial charge is 0.313 e. The van der Waals surface area contributed by atoms with Gasteiger partial charge in [-0.25, -0.2) is 0 Å². The van der Waals surface area contributed by atoms with E-state index < -0.39 is 10.1 Å². The van der Waals surface area contributed by atoms with E-state index in [2.05, 4.69) is 5.32 Å². The SMILES string of the molecule is O=S(=O)(O)CCNC1CCCCC1.[Na]. The van der Waals surface area contributed by atoms with Crippen LogP contribution in [-0.2, 0) is 10.1 Å². The second kappa shape index (κ2) is 7.19. The summed E-state index contributed by atoms with van der Waals surface area (Å²) in [5.74, 6) is -0.177. The molecule has 4 nitrogen and oxygen atoms in total. The third-order valence-electron chi connectivity index (χ3n) is 2.40. The summed E-state index contributed by atoms with van der Waals surface area (Å²) < 4.78 is 29.3. The van der Waals surface area contributed by atoms with Crippen LogP contribution in [0.25, 0.3) is 0 Å². The fourth-order valence-electron chi connectivity index (χ4n) is 1.70. The fraction of sp³-hybridized carbons (Fsp3) is 1.00. The van der Waals surface area contributed by atoms with Gasteiger partial charge in [-0.1, -0.05) is 19.3 Å². The van der Waals surface area contributed by atoms with Crippen LogP contribution < -0.4 is 5.32 Å². The Labute approximate surface area is 108 Å². The van der Waals surface area contributed by atoms with E-state index >= 15 is 0 Å². The van der Waals surface area contributed by atoms with Gasteiger partial charge in [-0.15, -0.1) is 0 Å². The number of hydrogen-bond donors (Lipinski definition) is 2. The van der Waals surface area contributed by atoms with Gasteiger partial charge in [-0.05, 0) is 12.8 Å². The molecule has 0 amide bonds. The van der Waals surface area contributed by atoms with Crippen molar-refractivity contribution < 1.29 is 13.0 Å². The van der Waals surface area contributed by atoms with E-state index in [9.17, 15) is 8.42 Å². The average Bonchev–Trinajstić information content (AvgIpc) is 2.04. The minimum Gasteiger partial charge on any atom is -0.313 e. The molecule has 1 radical (unpaired) electrons. The molecule has 0 spiro atoms. The zero-order valence-electron chi connectivity index (χ0n) is 8.70. The van der Waals surface area contributed by atoms with Gasteiger partial charge in [0.15, 0.2) is 0 Å². The predicted molar refractivity (Wildman–Crippen MR) is 57.0 cm³/mol. The Hall–Kier alpha value is 0.870. The van der Waals surface area contributed by atoms with Crippen molar-refractivity contribution in [2.24, 2.45) is 0 Å². The average molecular weight is 230 g/mol. The Morgan fingerprint density at radius 3 is 2.29 bits per heavy atom. The van der Waals surface area contributed by atoms with Gasteiger partial charge < -0.3 is 5.32 Å². The molecule has 6 heteroatoms. The van der Waals surface area contributed by atoms with Crippen molar-refractivity contribution in [3.8, 4) is 0 Å². The van der Waals surface area contributed by atoms with Crippen molar-refractivity contribution >= 4 is 39.7 Å². The normalized spacial score (nSPS) is 18.9. The first kappa shape index (κ1) is 14.9. The standard InChI is InChI=1S/C8H17NO3S.Na/c10-13(11,12)7-6-9-8-4-2-1-3-5-8;/h8-9H,1-7H2,(H,10,11,12);. The van der Waals surface area contributed by atoms with Crippen LogP contribution in [0.3, 0.4) is 0 Å². The molecular weight excluding hydrogens is 213 g/mol. The molecule has 1 saturated carbocycles. The van der Waals surface area contributed by atoms with Crippen molar-refractivity contribution in [2.45, 2.75) is 38.1 Å². The van der Waals surface area contributed by atoms with Crippen molar-refractivity contribution in [1.82, 2.24) is 5.32 Å². The minimum atomic E-state index is -3.79. The summed E-state index contributed by atoms with van der Waals surface area (Å²) in [6.45, 7) is 0.365. The van der Waals surface area contributed by atoms with Gasteiger partial charge in [-0.2, -0.15) is 8.42 Å². The maximum atomic E-state index is 10.4. The molecule has 0 aromatic heterocycles. The molecule has 79 valence electrons. The summed E-state index contributed by atoms with van der Waals surface area (Å²) in [4.78, 5) is 0. The molecular formula is C8H17NNaO3S. The molecule has 0 aliphatic heterocycles. The van der Waals surface area contributed by atoms with E-state index in [1.54, 1.807) is 0 Å². The summed E-state index contributed by atoms with van der Waals surface area (Å²) >= 11 is 0. The Morgan fingerprint density at radius 2 is 1.79 bits per heavy atom. The van der Waals surface area contributed by atoms with Gasteiger partial charge in [0.05, 0.1) is 5.75 Å². The molecule has 1 aliphatic carbocycles. The van der Waals surface area contributed by atoms with Crippen LogP contribution in [-0.4, -0.2) is 60.9 Å². The number of nitrogens with one attached hydrogen (secondary N) is 1. The Morgan fingerprint density at radius 1 is 1.21 bits per heavy atom. The van der Waals surface area contributed by atoms with Gasteiger partial charge in [-0.3, -0.25) is 4.55 Å². The van der Waals surface area contributed by atoms with Crippen molar-refractivity contribution in [1.29, 1.82) is 0 Å². The van der Waals surface area contributed by atoms with Crippen LogP contribution in [0, 0.1) is 0 Å². The minimum absolute atomic E-state index is 0. The molecule has 1 fully saturated rings. The van der Waals surface area contributed by atoms with Crippen molar-refractivity contribution in [3.63, 3.8) is 0 Å². The van der Waals surface area contributed by atoms with Crippen LogP contribution >= 0.6 is 0 Å². The third kappa shape index (κ3) is 7.20. The summed E-state index contributed by atoms with van der Waals surface area (Å²) in [7, 11) is -3.79. The van der Waals surface area contributed by atoms with Crippen LogP contribution in [0.15, 0.2) is 0 Å². The van der Waals surface area contributed by atoms with E-state index in [4.69, 9.17) is 4.55 Å². The van der Waals surface area contributed by atoms with Crippen LogP contribution in [0.4, 0.5) is 0 Å². The Kier molecular flexibility index (Phi) is 7.64. The van der Waals surface area contributed by atoms with E-state index in [-0.39, 0.29) is 35.3 Å². The molecule has 0 aromatic carbocycles. The number of rotatable bonds is 4. The first-order chi connectivity index (χ1) is 6.08. The maximum absolute atomic E-state index is 10.4. The summed E-state index contributed by atoms with van der Waals surface area (Å²) in [5, 5.41) is 3.14. The van der Waals surface area contributed by atoms with Gasteiger partial charge in [0.2, 0.25) is 0 Å². The van der Waals surface area contributed by atoms with E-state index in [1.807, 2.05) is 0 Å². The van der Waals surface area contributed by atoms with E-state index in [0.717, 1.165) is 12.8 Å². The van der Waals surface area contributed by atoms with E-state index in [0.29, 0.717) is 12.6 Å². The van der Waals surface area contributed by atoms with Crippen LogP contribution in [0.1, 0.15) is 32.1 Å². The fourth-order valence-corrected chi connectivity index (χ4v) is 2.07. The second-order valence-electron chi connectivity index (χ2n) is 3.58.